The molecule has 1 saturated heterocycles. The monoisotopic (exact) mass is 297 g/mol. The molecule has 1 aliphatic heterocycles. The molecule has 0 N–H and O–H groups in total. The molecule has 2 aromatic heterocycles. The second-order valence-corrected chi connectivity index (χ2v) is 6.14. The van der Waals surface area contributed by atoms with Gasteiger partial charge in [-0.3, -0.25) is 0 Å². The molecule has 1 atom stereocenters. The summed E-state index contributed by atoms with van der Waals surface area (Å²) in [6.07, 6.45) is 4.19. The molecule has 22 heavy (non-hydrogen) atoms. The van der Waals surface area contributed by atoms with Gasteiger partial charge in [0.05, 0.1) is 6.04 Å². The maximum absolute atomic E-state index is 4.64. The van der Waals surface area contributed by atoms with Crippen molar-refractivity contribution in [3.05, 3.63) is 41.3 Å². The van der Waals surface area contributed by atoms with Crippen molar-refractivity contribution in [3.63, 3.8) is 0 Å². The number of nitrogens with zero attached hydrogens (tertiary/aromatic N) is 5. The maximum Gasteiger partial charge on any atom is 0.226 e. The molecule has 2 aromatic rings. The first kappa shape index (κ1) is 14.8. The van der Waals surface area contributed by atoms with E-state index in [1.54, 1.807) is 0 Å². The third kappa shape index (κ3) is 2.89. The van der Waals surface area contributed by atoms with Gasteiger partial charge in [0.2, 0.25) is 5.95 Å². The van der Waals surface area contributed by atoms with Crippen molar-refractivity contribution in [1.29, 1.82) is 0 Å². The standard InChI is InChI=1S/C17H23N5/c1-12-10-13(2)20-17(19-12)22-9-5-6-15(22)14-7-8-18-16(11-14)21(3)4/h7-8,10-11,15H,5-6,9H2,1-4H3/t15-/m0/s1. The Morgan fingerprint density at radius 3 is 2.55 bits per heavy atom. The van der Waals surface area contributed by atoms with Gasteiger partial charge in [0.15, 0.2) is 0 Å². The van der Waals surface area contributed by atoms with E-state index in [4.69, 9.17) is 0 Å². The lowest BCUT2D eigenvalue weighted by Crippen LogP contribution is -2.25. The number of aromatic nitrogens is 3. The lowest BCUT2D eigenvalue weighted by molar-refractivity contribution is 0.697. The Bertz CT molecular complexity index is 648. The highest BCUT2D eigenvalue weighted by Gasteiger charge is 2.28. The molecular formula is C17H23N5. The first-order valence-electron chi connectivity index (χ1n) is 7.77. The normalized spacial score (nSPS) is 17.8. The summed E-state index contributed by atoms with van der Waals surface area (Å²) in [6, 6.07) is 6.64. The van der Waals surface area contributed by atoms with E-state index in [-0.39, 0.29) is 0 Å². The minimum Gasteiger partial charge on any atom is -0.363 e. The van der Waals surface area contributed by atoms with Gasteiger partial charge in [0.25, 0.3) is 0 Å². The molecule has 0 amide bonds. The van der Waals surface area contributed by atoms with Crippen LogP contribution >= 0.6 is 0 Å². The first-order valence-corrected chi connectivity index (χ1v) is 7.77. The molecule has 0 aliphatic carbocycles. The smallest absolute Gasteiger partial charge is 0.226 e. The highest BCUT2D eigenvalue weighted by Crippen LogP contribution is 2.35. The van der Waals surface area contributed by atoms with Crippen LogP contribution in [0.2, 0.25) is 0 Å². The summed E-state index contributed by atoms with van der Waals surface area (Å²) in [5, 5.41) is 0. The van der Waals surface area contributed by atoms with E-state index >= 15 is 0 Å². The minimum atomic E-state index is 0.336. The molecule has 0 radical (unpaired) electrons. The number of hydrogen-bond donors (Lipinski definition) is 0. The third-order valence-corrected chi connectivity index (χ3v) is 4.09. The number of anilines is 2. The predicted octanol–water partition coefficient (Wildman–Crippen LogP) is 2.90. The quantitative estimate of drug-likeness (QED) is 0.871. The molecular weight excluding hydrogens is 274 g/mol. The van der Waals surface area contributed by atoms with Crippen molar-refractivity contribution in [1.82, 2.24) is 15.0 Å². The molecule has 1 fully saturated rings. The fraction of sp³-hybridized carbons (Fsp3) is 0.471. The van der Waals surface area contributed by atoms with Gasteiger partial charge in [0.1, 0.15) is 5.82 Å². The second-order valence-electron chi connectivity index (χ2n) is 6.14. The zero-order valence-corrected chi connectivity index (χ0v) is 13.7. The van der Waals surface area contributed by atoms with Gasteiger partial charge in [-0.25, -0.2) is 15.0 Å². The predicted molar refractivity (Wildman–Crippen MR) is 89.4 cm³/mol. The van der Waals surface area contributed by atoms with Crippen molar-refractivity contribution >= 4 is 11.8 Å². The Morgan fingerprint density at radius 1 is 1.14 bits per heavy atom. The second kappa shape index (κ2) is 5.91. The largest absolute Gasteiger partial charge is 0.363 e. The summed E-state index contributed by atoms with van der Waals surface area (Å²) in [7, 11) is 4.04. The van der Waals surface area contributed by atoms with Gasteiger partial charge >= 0.3 is 0 Å². The van der Waals surface area contributed by atoms with Gasteiger partial charge in [-0.15, -0.1) is 0 Å². The summed E-state index contributed by atoms with van der Waals surface area (Å²) in [5.41, 5.74) is 3.34. The molecule has 0 saturated carbocycles. The maximum atomic E-state index is 4.64. The van der Waals surface area contributed by atoms with E-state index in [2.05, 4.69) is 32.0 Å². The van der Waals surface area contributed by atoms with Crippen LogP contribution in [-0.4, -0.2) is 35.6 Å². The molecule has 5 heteroatoms. The fourth-order valence-corrected chi connectivity index (χ4v) is 3.07. The average Bonchev–Trinajstić information content (AvgIpc) is 2.95. The Kier molecular flexibility index (Phi) is 3.96. The highest BCUT2D eigenvalue weighted by molar-refractivity contribution is 5.45. The van der Waals surface area contributed by atoms with E-state index < -0.39 is 0 Å². The Labute approximate surface area is 132 Å². The van der Waals surface area contributed by atoms with Gasteiger partial charge in [-0.05, 0) is 50.5 Å². The van der Waals surface area contributed by atoms with Crippen molar-refractivity contribution in [2.75, 3.05) is 30.4 Å². The van der Waals surface area contributed by atoms with E-state index in [0.29, 0.717) is 6.04 Å². The van der Waals surface area contributed by atoms with Crippen molar-refractivity contribution in [2.24, 2.45) is 0 Å². The summed E-state index contributed by atoms with van der Waals surface area (Å²) >= 11 is 0. The number of aryl methyl sites for hydroxylation is 2. The Morgan fingerprint density at radius 2 is 1.86 bits per heavy atom. The molecule has 0 unspecified atom stereocenters. The van der Waals surface area contributed by atoms with Gasteiger partial charge in [-0.1, -0.05) is 0 Å². The lowest BCUT2D eigenvalue weighted by Gasteiger charge is -2.26. The molecule has 0 aromatic carbocycles. The van der Waals surface area contributed by atoms with Crippen LogP contribution in [0.1, 0.15) is 35.8 Å². The van der Waals surface area contributed by atoms with Gasteiger partial charge in [-0.2, -0.15) is 0 Å². The Hall–Kier alpha value is -2.17. The SMILES string of the molecule is Cc1cc(C)nc(N2CCC[C@H]2c2ccnc(N(C)C)c2)n1. The number of rotatable bonds is 3. The van der Waals surface area contributed by atoms with Crippen molar-refractivity contribution in [3.8, 4) is 0 Å². The lowest BCUT2D eigenvalue weighted by atomic mass is 10.1. The molecule has 0 spiro atoms. The number of hydrogen-bond acceptors (Lipinski definition) is 5. The van der Waals surface area contributed by atoms with Crippen molar-refractivity contribution in [2.45, 2.75) is 32.7 Å². The van der Waals surface area contributed by atoms with Crippen LogP contribution in [-0.2, 0) is 0 Å². The van der Waals surface area contributed by atoms with Gasteiger partial charge in [0, 0.05) is 38.2 Å². The van der Waals surface area contributed by atoms with E-state index in [1.807, 2.05) is 45.1 Å². The third-order valence-electron chi connectivity index (χ3n) is 4.09. The Balaban J connectivity index is 1.94. The number of pyridine rings is 1. The van der Waals surface area contributed by atoms with E-state index in [9.17, 15) is 0 Å². The average molecular weight is 297 g/mol. The summed E-state index contributed by atoms with van der Waals surface area (Å²) in [6.45, 7) is 5.06. The fourth-order valence-electron chi connectivity index (χ4n) is 3.07. The molecule has 3 rings (SSSR count). The van der Waals surface area contributed by atoms with Crippen LogP contribution < -0.4 is 9.80 Å². The minimum absolute atomic E-state index is 0.336. The molecule has 5 nitrogen and oxygen atoms in total. The molecule has 116 valence electrons. The summed E-state index contributed by atoms with van der Waals surface area (Å²) in [4.78, 5) is 18.1. The van der Waals surface area contributed by atoms with Crippen LogP contribution in [0.15, 0.2) is 24.4 Å². The van der Waals surface area contributed by atoms with Gasteiger partial charge < -0.3 is 9.80 Å². The van der Waals surface area contributed by atoms with Crippen LogP contribution in [0.3, 0.4) is 0 Å². The summed E-state index contributed by atoms with van der Waals surface area (Å²) < 4.78 is 0. The van der Waals surface area contributed by atoms with Crippen molar-refractivity contribution < 1.29 is 0 Å². The highest BCUT2D eigenvalue weighted by atomic mass is 15.3. The topological polar surface area (TPSA) is 45.2 Å². The summed E-state index contributed by atoms with van der Waals surface area (Å²) in [5.74, 6) is 1.84. The molecule has 0 bridgehead atoms. The zero-order valence-electron chi connectivity index (χ0n) is 13.7. The van der Waals surface area contributed by atoms with E-state index in [0.717, 1.165) is 36.1 Å². The first-order chi connectivity index (χ1) is 10.5. The van der Waals surface area contributed by atoms with Crippen LogP contribution in [0.5, 0.6) is 0 Å². The molecule has 1 aliphatic rings. The molecule has 3 heterocycles. The van der Waals surface area contributed by atoms with Crippen LogP contribution in [0.25, 0.3) is 0 Å². The van der Waals surface area contributed by atoms with Crippen LogP contribution in [0.4, 0.5) is 11.8 Å². The zero-order chi connectivity index (χ0) is 15.7. The van der Waals surface area contributed by atoms with E-state index in [1.165, 1.54) is 12.0 Å². The van der Waals surface area contributed by atoms with Crippen LogP contribution in [0, 0.1) is 13.8 Å².